The van der Waals surface area contributed by atoms with E-state index in [9.17, 15) is 0 Å². The predicted octanol–water partition coefficient (Wildman–Crippen LogP) is 4.02. The van der Waals surface area contributed by atoms with Crippen LogP contribution in [0.15, 0.2) is 36.5 Å². The van der Waals surface area contributed by atoms with Crippen LogP contribution in [-0.2, 0) is 6.42 Å². The maximum atomic E-state index is 6.08. The van der Waals surface area contributed by atoms with Gasteiger partial charge in [-0.25, -0.2) is 4.98 Å². The molecule has 3 nitrogen and oxygen atoms in total. The van der Waals surface area contributed by atoms with Crippen LogP contribution in [-0.4, -0.2) is 11.5 Å². The van der Waals surface area contributed by atoms with Gasteiger partial charge in [0, 0.05) is 11.9 Å². The Hall–Kier alpha value is -1.29. The molecule has 0 aliphatic heterocycles. The average molecular weight is 296 g/mol. The molecule has 2 aromatic rings. The van der Waals surface area contributed by atoms with E-state index in [1.165, 1.54) is 5.56 Å². The van der Waals surface area contributed by atoms with Crippen LogP contribution in [0.25, 0.3) is 0 Å². The number of aromatic nitrogens is 1. The standard InChI is InChI=1S/C14H15Cl2N3/c15-11-8-13(16)14(18-9-11)19-12-5-1-3-10(7-12)4-2-6-17/h1,3,5,7-9H,2,4,6,17H2,(H,18,19). The van der Waals surface area contributed by atoms with Gasteiger partial charge < -0.3 is 11.1 Å². The van der Waals surface area contributed by atoms with E-state index in [-0.39, 0.29) is 0 Å². The van der Waals surface area contributed by atoms with E-state index >= 15 is 0 Å². The lowest BCUT2D eigenvalue weighted by Gasteiger charge is -2.09. The number of nitrogens with two attached hydrogens (primary N) is 1. The zero-order valence-electron chi connectivity index (χ0n) is 10.4. The fourth-order valence-electron chi connectivity index (χ4n) is 1.75. The van der Waals surface area contributed by atoms with Crippen LogP contribution in [0.4, 0.5) is 11.5 Å². The summed E-state index contributed by atoms with van der Waals surface area (Å²) >= 11 is 11.9. The van der Waals surface area contributed by atoms with Gasteiger partial charge in [-0.3, -0.25) is 0 Å². The van der Waals surface area contributed by atoms with Crippen molar-refractivity contribution in [2.75, 3.05) is 11.9 Å². The van der Waals surface area contributed by atoms with Crippen LogP contribution in [0.1, 0.15) is 12.0 Å². The van der Waals surface area contributed by atoms with Crippen LogP contribution < -0.4 is 11.1 Å². The molecule has 100 valence electrons. The van der Waals surface area contributed by atoms with Crippen molar-refractivity contribution < 1.29 is 0 Å². The van der Waals surface area contributed by atoms with Gasteiger partial charge in [0.25, 0.3) is 0 Å². The minimum absolute atomic E-state index is 0.500. The van der Waals surface area contributed by atoms with Crippen molar-refractivity contribution in [3.63, 3.8) is 0 Å². The maximum absolute atomic E-state index is 6.08. The molecule has 2 rings (SSSR count). The summed E-state index contributed by atoms with van der Waals surface area (Å²) in [6.45, 7) is 0.697. The van der Waals surface area contributed by atoms with Crippen LogP contribution >= 0.6 is 23.2 Å². The molecule has 0 saturated heterocycles. The second-order valence-corrected chi connectivity index (χ2v) is 5.05. The lowest BCUT2D eigenvalue weighted by Crippen LogP contribution is -2.01. The molecule has 19 heavy (non-hydrogen) atoms. The SMILES string of the molecule is NCCCc1cccc(Nc2ncc(Cl)cc2Cl)c1. The van der Waals surface area contributed by atoms with E-state index in [1.807, 2.05) is 12.1 Å². The molecule has 3 N–H and O–H groups in total. The Morgan fingerprint density at radius 1 is 1.21 bits per heavy atom. The van der Waals surface area contributed by atoms with Crippen molar-refractivity contribution in [2.24, 2.45) is 5.73 Å². The zero-order chi connectivity index (χ0) is 13.7. The molecule has 1 aromatic heterocycles. The number of aryl methyl sites for hydroxylation is 1. The number of nitrogens with zero attached hydrogens (tertiary/aromatic N) is 1. The van der Waals surface area contributed by atoms with E-state index in [1.54, 1.807) is 12.3 Å². The Kier molecular flexibility index (Phi) is 5.02. The number of hydrogen-bond donors (Lipinski definition) is 2. The lowest BCUT2D eigenvalue weighted by molar-refractivity contribution is 0.833. The van der Waals surface area contributed by atoms with Gasteiger partial charge in [-0.1, -0.05) is 35.3 Å². The highest BCUT2D eigenvalue weighted by Gasteiger charge is 2.04. The first-order chi connectivity index (χ1) is 9.19. The first kappa shape index (κ1) is 14.1. The smallest absolute Gasteiger partial charge is 0.149 e. The molecule has 1 heterocycles. The van der Waals surface area contributed by atoms with Crippen LogP contribution in [0.5, 0.6) is 0 Å². The minimum atomic E-state index is 0.500. The molecule has 0 saturated carbocycles. The van der Waals surface area contributed by atoms with Crippen molar-refractivity contribution in [2.45, 2.75) is 12.8 Å². The largest absolute Gasteiger partial charge is 0.339 e. The summed E-state index contributed by atoms with van der Waals surface area (Å²) in [5, 5.41) is 4.20. The molecular formula is C14H15Cl2N3. The molecular weight excluding hydrogens is 281 g/mol. The van der Waals surface area contributed by atoms with E-state index in [0.717, 1.165) is 18.5 Å². The van der Waals surface area contributed by atoms with Crippen LogP contribution in [0.3, 0.4) is 0 Å². The zero-order valence-corrected chi connectivity index (χ0v) is 11.9. The summed E-state index contributed by atoms with van der Waals surface area (Å²) < 4.78 is 0. The van der Waals surface area contributed by atoms with Gasteiger partial charge in [0.05, 0.1) is 10.0 Å². The summed E-state index contributed by atoms with van der Waals surface area (Å²) in [6.07, 6.45) is 3.51. The monoisotopic (exact) mass is 295 g/mol. The van der Waals surface area contributed by atoms with Crippen molar-refractivity contribution >= 4 is 34.7 Å². The first-order valence-electron chi connectivity index (χ1n) is 6.06. The molecule has 0 radical (unpaired) electrons. The second kappa shape index (κ2) is 6.75. The molecule has 0 unspecified atom stereocenters. The van der Waals surface area contributed by atoms with Gasteiger partial charge >= 0.3 is 0 Å². The third-order valence-electron chi connectivity index (χ3n) is 2.67. The van der Waals surface area contributed by atoms with Gasteiger partial charge in [0.1, 0.15) is 5.82 Å². The maximum Gasteiger partial charge on any atom is 0.149 e. The molecule has 0 amide bonds. The van der Waals surface area contributed by atoms with Crippen molar-refractivity contribution in [3.05, 3.63) is 52.1 Å². The lowest BCUT2D eigenvalue weighted by atomic mass is 10.1. The Labute approximate surface area is 122 Å². The molecule has 1 aromatic carbocycles. The number of pyridine rings is 1. The number of hydrogen-bond acceptors (Lipinski definition) is 3. The highest BCUT2D eigenvalue weighted by atomic mass is 35.5. The van der Waals surface area contributed by atoms with E-state index in [0.29, 0.717) is 22.4 Å². The molecule has 0 aliphatic carbocycles. The van der Waals surface area contributed by atoms with Gasteiger partial charge in [0.15, 0.2) is 0 Å². The number of nitrogens with one attached hydrogen (secondary N) is 1. The van der Waals surface area contributed by atoms with E-state index in [4.69, 9.17) is 28.9 Å². The number of benzene rings is 1. The first-order valence-corrected chi connectivity index (χ1v) is 6.81. The fraction of sp³-hybridized carbons (Fsp3) is 0.214. The van der Waals surface area contributed by atoms with Crippen molar-refractivity contribution in [3.8, 4) is 0 Å². The normalized spacial score (nSPS) is 10.5. The van der Waals surface area contributed by atoms with Crippen molar-refractivity contribution in [1.29, 1.82) is 0 Å². The fourth-order valence-corrected chi connectivity index (χ4v) is 2.18. The number of halogens is 2. The molecule has 0 fully saturated rings. The quantitative estimate of drug-likeness (QED) is 0.876. The number of rotatable bonds is 5. The third-order valence-corrected chi connectivity index (χ3v) is 3.16. The Balaban J connectivity index is 2.14. The molecule has 0 bridgehead atoms. The third kappa shape index (κ3) is 4.10. The van der Waals surface area contributed by atoms with Crippen LogP contribution in [0, 0.1) is 0 Å². The highest BCUT2D eigenvalue weighted by Crippen LogP contribution is 2.26. The average Bonchev–Trinajstić information content (AvgIpc) is 2.40. The Bertz CT molecular complexity index is 558. The molecule has 0 atom stereocenters. The summed E-state index contributed by atoms with van der Waals surface area (Å²) in [7, 11) is 0. The van der Waals surface area contributed by atoms with Gasteiger partial charge in [-0.2, -0.15) is 0 Å². The predicted molar refractivity (Wildman–Crippen MR) is 81.4 cm³/mol. The summed E-state index contributed by atoms with van der Waals surface area (Å²) in [6, 6.07) is 9.79. The molecule has 5 heteroatoms. The second-order valence-electron chi connectivity index (χ2n) is 4.20. The summed E-state index contributed by atoms with van der Waals surface area (Å²) in [4.78, 5) is 4.17. The topological polar surface area (TPSA) is 50.9 Å². The van der Waals surface area contributed by atoms with Gasteiger partial charge in [0.2, 0.25) is 0 Å². The number of anilines is 2. The minimum Gasteiger partial charge on any atom is -0.339 e. The molecule has 0 aliphatic rings. The van der Waals surface area contributed by atoms with Gasteiger partial charge in [-0.05, 0) is 43.1 Å². The van der Waals surface area contributed by atoms with E-state index < -0.39 is 0 Å². The highest BCUT2D eigenvalue weighted by molar-refractivity contribution is 6.36. The van der Waals surface area contributed by atoms with Crippen molar-refractivity contribution in [1.82, 2.24) is 4.98 Å². The van der Waals surface area contributed by atoms with E-state index in [2.05, 4.69) is 22.4 Å². The van der Waals surface area contributed by atoms with Gasteiger partial charge in [-0.15, -0.1) is 0 Å². The Morgan fingerprint density at radius 3 is 2.79 bits per heavy atom. The summed E-state index contributed by atoms with van der Waals surface area (Å²) in [5.74, 6) is 0.599. The Morgan fingerprint density at radius 2 is 2.05 bits per heavy atom. The summed E-state index contributed by atoms with van der Waals surface area (Å²) in [5.41, 5.74) is 7.70. The van der Waals surface area contributed by atoms with Crippen LogP contribution in [0.2, 0.25) is 10.0 Å². The molecule has 0 spiro atoms.